The van der Waals surface area contributed by atoms with E-state index in [1.807, 2.05) is 13.8 Å². The van der Waals surface area contributed by atoms with Crippen LogP contribution in [-0.4, -0.2) is 39.2 Å². The van der Waals surface area contributed by atoms with E-state index in [9.17, 15) is 10.1 Å². The minimum Gasteiger partial charge on any atom is -0.354 e. The molecule has 24 heavy (non-hydrogen) atoms. The zero-order valence-corrected chi connectivity index (χ0v) is 13.4. The van der Waals surface area contributed by atoms with Crippen molar-refractivity contribution in [2.24, 2.45) is 5.10 Å². The highest BCUT2D eigenvalue weighted by Crippen LogP contribution is 2.11. The van der Waals surface area contributed by atoms with Gasteiger partial charge in [-0.2, -0.15) is 20.1 Å². The first-order valence-electron chi connectivity index (χ1n) is 7.39. The molecule has 10 nitrogen and oxygen atoms in total. The summed E-state index contributed by atoms with van der Waals surface area (Å²) in [5.74, 6) is 1.17. The van der Waals surface area contributed by atoms with Gasteiger partial charge in [0.1, 0.15) is 0 Å². The fourth-order valence-corrected chi connectivity index (χ4v) is 1.75. The van der Waals surface area contributed by atoms with Crippen LogP contribution < -0.4 is 16.1 Å². The van der Waals surface area contributed by atoms with Crippen molar-refractivity contribution in [1.82, 2.24) is 15.0 Å². The summed E-state index contributed by atoms with van der Waals surface area (Å²) in [6, 6.07) is 6.03. The van der Waals surface area contributed by atoms with E-state index >= 15 is 0 Å². The third-order valence-corrected chi connectivity index (χ3v) is 2.79. The van der Waals surface area contributed by atoms with Gasteiger partial charge in [0.15, 0.2) is 0 Å². The molecule has 10 heteroatoms. The zero-order chi connectivity index (χ0) is 17.4. The van der Waals surface area contributed by atoms with E-state index in [1.165, 1.54) is 18.3 Å². The lowest BCUT2D eigenvalue weighted by atomic mass is 10.2. The second kappa shape index (κ2) is 8.36. The number of nitro groups is 1. The Labute approximate surface area is 138 Å². The number of non-ortho nitro benzene ring substituents is 1. The van der Waals surface area contributed by atoms with E-state index in [4.69, 9.17) is 0 Å². The first kappa shape index (κ1) is 17.1. The summed E-state index contributed by atoms with van der Waals surface area (Å²) in [4.78, 5) is 22.7. The zero-order valence-electron chi connectivity index (χ0n) is 13.4. The number of hydrazone groups is 1. The lowest BCUT2D eigenvalue weighted by Gasteiger charge is -2.07. The van der Waals surface area contributed by atoms with Gasteiger partial charge in [-0.3, -0.25) is 10.1 Å². The third kappa shape index (κ3) is 4.87. The predicted octanol–water partition coefficient (Wildman–Crippen LogP) is 2.09. The summed E-state index contributed by atoms with van der Waals surface area (Å²) in [6.07, 6.45) is 1.52. The van der Waals surface area contributed by atoms with Gasteiger partial charge in [0.2, 0.25) is 17.8 Å². The Hall–Kier alpha value is -3.30. The van der Waals surface area contributed by atoms with Crippen LogP contribution in [0.4, 0.5) is 23.5 Å². The summed E-state index contributed by atoms with van der Waals surface area (Å²) < 4.78 is 0. The number of benzene rings is 1. The first-order valence-corrected chi connectivity index (χ1v) is 7.39. The molecule has 2 rings (SSSR count). The number of nitro benzene ring substituents is 1. The molecule has 0 bridgehead atoms. The van der Waals surface area contributed by atoms with Crippen molar-refractivity contribution in [3.63, 3.8) is 0 Å². The molecule has 1 aromatic heterocycles. The van der Waals surface area contributed by atoms with E-state index in [0.717, 1.165) is 0 Å². The van der Waals surface area contributed by atoms with Crippen LogP contribution in [0.1, 0.15) is 19.4 Å². The standard InChI is InChI=1S/C14H18N8O2/c1-3-15-12-18-13(16-4-2)20-14(19-12)21-17-9-10-5-7-11(8-6-10)22(23)24/h5-9H,3-4H2,1-2H3,(H3,15,16,18,19,20,21)/b17-9+. The Morgan fingerprint density at radius 2 is 1.58 bits per heavy atom. The lowest BCUT2D eigenvalue weighted by Crippen LogP contribution is -2.10. The number of rotatable bonds is 8. The molecule has 2 aromatic rings. The number of hydrogen-bond acceptors (Lipinski definition) is 9. The van der Waals surface area contributed by atoms with Crippen LogP contribution in [0.25, 0.3) is 0 Å². The van der Waals surface area contributed by atoms with Crippen LogP contribution in [-0.2, 0) is 0 Å². The van der Waals surface area contributed by atoms with Gasteiger partial charge in [0, 0.05) is 25.2 Å². The first-order chi connectivity index (χ1) is 11.6. The Bertz CT molecular complexity index is 693. The van der Waals surface area contributed by atoms with Gasteiger partial charge in [0.05, 0.1) is 11.1 Å². The number of nitrogens with zero attached hydrogens (tertiary/aromatic N) is 5. The number of nitrogens with one attached hydrogen (secondary N) is 3. The average Bonchev–Trinajstić information content (AvgIpc) is 2.56. The van der Waals surface area contributed by atoms with Crippen molar-refractivity contribution in [2.75, 3.05) is 29.1 Å². The quantitative estimate of drug-likeness (QED) is 0.381. The minimum atomic E-state index is -0.450. The molecular weight excluding hydrogens is 312 g/mol. The van der Waals surface area contributed by atoms with Gasteiger partial charge < -0.3 is 10.6 Å². The topological polar surface area (TPSA) is 130 Å². The van der Waals surface area contributed by atoms with Gasteiger partial charge in [-0.25, -0.2) is 5.43 Å². The Morgan fingerprint density at radius 3 is 2.08 bits per heavy atom. The maximum absolute atomic E-state index is 10.6. The molecule has 0 atom stereocenters. The van der Waals surface area contributed by atoms with Crippen LogP contribution in [0.15, 0.2) is 29.4 Å². The minimum absolute atomic E-state index is 0.0307. The molecule has 0 aliphatic heterocycles. The van der Waals surface area contributed by atoms with Gasteiger partial charge in [-0.1, -0.05) is 0 Å². The van der Waals surface area contributed by atoms with Gasteiger partial charge in [-0.15, -0.1) is 0 Å². The van der Waals surface area contributed by atoms with Crippen molar-refractivity contribution in [3.05, 3.63) is 39.9 Å². The van der Waals surface area contributed by atoms with E-state index in [-0.39, 0.29) is 11.6 Å². The molecule has 3 N–H and O–H groups in total. The normalized spacial score (nSPS) is 10.6. The largest absolute Gasteiger partial charge is 0.354 e. The van der Waals surface area contributed by atoms with E-state index < -0.39 is 4.92 Å². The molecule has 0 amide bonds. The van der Waals surface area contributed by atoms with Crippen LogP contribution in [0.2, 0.25) is 0 Å². The summed E-state index contributed by atoms with van der Waals surface area (Å²) in [5, 5.41) is 20.7. The predicted molar refractivity (Wildman–Crippen MR) is 92.5 cm³/mol. The Kier molecular flexibility index (Phi) is 5.95. The molecule has 1 aromatic carbocycles. The Morgan fingerprint density at radius 1 is 1.04 bits per heavy atom. The molecule has 0 radical (unpaired) electrons. The lowest BCUT2D eigenvalue weighted by molar-refractivity contribution is -0.384. The molecule has 0 aliphatic rings. The number of anilines is 3. The van der Waals surface area contributed by atoms with E-state index in [1.54, 1.807) is 12.1 Å². The summed E-state index contributed by atoms with van der Waals surface area (Å²) in [7, 11) is 0. The molecular formula is C14H18N8O2. The molecule has 0 aliphatic carbocycles. The van der Waals surface area contributed by atoms with Crippen LogP contribution in [0, 0.1) is 10.1 Å². The fourth-order valence-electron chi connectivity index (χ4n) is 1.75. The highest BCUT2D eigenvalue weighted by atomic mass is 16.6. The molecule has 0 spiro atoms. The summed E-state index contributed by atoms with van der Waals surface area (Å²) in [5.41, 5.74) is 3.46. The van der Waals surface area contributed by atoms with Crippen LogP contribution >= 0.6 is 0 Å². The molecule has 1 heterocycles. The van der Waals surface area contributed by atoms with Crippen molar-refractivity contribution >= 4 is 29.7 Å². The number of aromatic nitrogens is 3. The highest BCUT2D eigenvalue weighted by molar-refractivity contribution is 5.80. The highest BCUT2D eigenvalue weighted by Gasteiger charge is 2.05. The van der Waals surface area contributed by atoms with E-state index in [2.05, 4.69) is 36.1 Å². The SMILES string of the molecule is CCNc1nc(NCC)nc(N/N=C/c2ccc([N+](=O)[O-])cc2)n1. The fraction of sp³-hybridized carbons (Fsp3) is 0.286. The second-order valence-corrected chi connectivity index (χ2v) is 4.59. The molecule has 0 fully saturated rings. The monoisotopic (exact) mass is 330 g/mol. The average molecular weight is 330 g/mol. The maximum atomic E-state index is 10.6. The Balaban J connectivity index is 2.07. The third-order valence-electron chi connectivity index (χ3n) is 2.79. The van der Waals surface area contributed by atoms with Gasteiger partial charge in [0.25, 0.3) is 5.69 Å². The second-order valence-electron chi connectivity index (χ2n) is 4.59. The maximum Gasteiger partial charge on any atom is 0.269 e. The van der Waals surface area contributed by atoms with Gasteiger partial charge >= 0.3 is 0 Å². The van der Waals surface area contributed by atoms with Crippen LogP contribution in [0.3, 0.4) is 0 Å². The number of hydrogen-bond donors (Lipinski definition) is 3. The van der Waals surface area contributed by atoms with Crippen molar-refractivity contribution in [2.45, 2.75) is 13.8 Å². The summed E-state index contributed by atoms with van der Waals surface area (Å²) in [6.45, 7) is 5.25. The van der Waals surface area contributed by atoms with E-state index in [0.29, 0.717) is 30.5 Å². The van der Waals surface area contributed by atoms with Crippen molar-refractivity contribution in [1.29, 1.82) is 0 Å². The van der Waals surface area contributed by atoms with Crippen molar-refractivity contribution < 1.29 is 4.92 Å². The molecule has 0 saturated carbocycles. The van der Waals surface area contributed by atoms with Crippen LogP contribution in [0.5, 0.6) is 0 Å². The molecule has 126 valence electrons. The molecule has 0 saturated heterocycles. The van der Waals surface area contributed by atoms with Crippen molar-refractivity contribution in [3.8, 4) is 0 Å². The molecule has 0 unspecified atom stereocenters. The smallest absolute Gasteiger partial charge is 0.269 e. The van der Waals surface area contributed by atoms with Gasteiger partial charge in [-0.05, 0) is 31.5 Å². The summed E-state index contributed by atoms with van der Waals surface area (Å²) >= 11 is 0.